The van der Waals surface area contributed by atoms with Crippen LogP contribution in [0, 0.1) is 0 Å². The monoisotopic (exact) mass is 221 g/mol. The highest BCUT2D eigenvalue weighted by molar-refractivity contribution is 5.77. The molecule has 0 aliphatic rings. The van der Waals surface area contributed by atoms with Crippen molar-refractivity contribution in [2.75, 3.05) is 13.7 Å². The molecule has 0 fully saturated rings. The van der Waals surface area contributed by atoms with Gasteiger partial charge in [0.1, 0.15) is 11.6 Å². The van der Waals surface area contributed by atoms with E-state index in [1.165, 1.54) is 0 Å². The Morgan fingerprint density at radius 3 is 2.94 bits per heavy atom. The molecule has 2 rings (SSSR count). The van der Waals surface area contributed by atoms with Crippen molar-refractivity contribution in [1.82, 2.24) is 9.55 Å². The minimum atomic E-state index is 0.0739. The number of nitrogens with zero attached hydrogens (tertiary/aromatic N) is 2. The van der Waals surface area contributed by atoms with Crippen molar-refractivity contribution in [3.05, 3.63) is 24.0 Å². The number of hydrogen-bond acceptors (Lipinski definition) is 4. The van der Waals surface area contributed by atoms with Gasteiger partial charge in [0.25, 0.3) is 0 Å². The van der Waals surface area contributed by atoms with Gasteiger partial charge < -0.3 is 20.1 Å². The van der Waals surface area contributed by atoms with E-state index in [-0.39, 0.29) is 6.61 Å². The summed E-state index contributed by atoms with van der Waals surface area (Å²) < 4.78 is 7.06. The van der Waals surface area contributed by atoms with Crippen molar-refractivity contribution >= 4 is 11.0 Å². The highest BCUT2D eigenvalue weighted by Gasteiger charge is 2.09. The van der Waals surface area contributed by atoms with Crippen molar-refractivity contribution in [3.63, 3.8) is 0 Å². The van der Waals surface area contributed by atoms with Crippen LogP contribution in [0.15, 0.2) is 18.2 Å². The van der Waals surface area contributed by atoms with Crippen LogP contribution in [0.5, 0.6) is 5.75 Å². The van der Waals surface area contributed by atoms with Gasteiger partial charge in [-0.1, -0.05) is 0 Å². The van der Waals surface area contributed by atoms with E-state index in [0.717, 1.165) is 22.6 Å². The van der Waals surface area contributed by atoms with E-state index >= 15 is 0 Å². The molecule has 3 N–H and O–H groups in total. The van der Waals surface area contributed by atoms with Crippen LogP contribution in [0.1, 0.15) is 5.82 Å². The van der Waals surface area contributed by atoms with Crippen LogP contribution in [-0.4, -0.2) is 28.4 Å². The number of rotatable bonds is 4. The molecule has 0 radical (unpaired) electrons. The van der Waals surface area contributed by atoms with Crippen LogP contribution < -0.4 is 10.5 Å². The summed E-state index contributed by atoms with van der Waals surface area (Å²) >= 11 is 0. The third-order valence-electron chi connectivity index (χ3n) is 2.54. The van der Waals surface area contributed by atoms with Gasteiger partial charge in [-0.05, 0) is 12.1 Å². The average Bonchev–Trinajstić information content (AvgIpc) is 2.67. The largest absolute Gasteiger partial charge is 0.497 e. The van der Waals surface area contributed by atoms with Crippen molar-refractivity contribution in [2.45, 2.75) is 13.1 Å². The van der Waals surface area contributed by atoms with Crippen molar-refractivity contribution < 1.29 is 9.84 Å². The Morgan fingerprint density at radius 1 is 1.50 bits per heavy atom. The second-order valence-electron chi connectivity index (χ2n) is 3.46. The van der Waals surface area contributed by atoms with E-state index in [9.17, 15) is 0 Å². The lowest BCUT2D eigenvalue weighted by Gasteiger charge is -2.05. The van der Waals surface area contributed by atoms with Gasteiger partial charge >= 0.3 is 0 Å². The van der Waals surface area contributed by atoms with Gasteiger partial charge in [0.2, 0.25) is 0 Å². The quantitative estimate of drug-likeness (QED) is 0.788. The molecule has 0 bridgehead atoms. The number of benzene rings is 1. The number of imidazole rings is 1. The predicted molar refractivity (Wildman–Crippen MR) is 61.3 cm³/mol. The molecule has 1 aromatic carbocycles. The van der Waals surface area contributed by atoms with Gasteiger partial charge in [0, 0.05) is 12.6 Å². The number of hydrogen-bond donors (Lipinski definition) is 2. The molecule has 0 aliphatic heterocycles. The zero-order chi connectivity index (χ0) is 11.5. The molecule has 1 heterocycles. The van der Waals surface area contributed by atoms with E-state index in [1.807, 2.05) is 22.8 Å². The number of nitrogens with two attached hydrogens (primary N) is 1. The third kappa shape index (κ3) is 1.75. The fourth-order valence-corrected chi connectivity index (χ4v) is 1.79. The number of aliphatic hydroxyl groups excluding tert-OH is 1. The topological polar surface area (TPSA) is 73.3 Å². The SMILES string of the molecule is COc1ccc2c(c1)nc(CN)n2CCO. The average molecular weight is 221 g/mol. The fraction of sp³-hybridized carbons (Fsp3) is 0.364. The maximum absolute atomic E-state index is 9.00. The summed E-state index contributed by atoms with van der Waals surface area (Å²) in [6.07, 6.45) is 0. The number of aromatic nitrogens is 2. The molecule has 0 amide bonds. The summed E-state index contributed by atoms with van der Waals surface area (Å²) in [7, 11) is 1.62. The Balaban J connectivity index is 2.58. The first-order valence-electron chi connectivity index (χ1n) is 5.14. The first-order valence-corrected chi connectivity index (χ1v) is 5.14. The van der Waals surface area contributed by atoms with Gasteiger partial charge in [-0.15, -0.1) is 0 Å². The first-order chi connectivity index (χ1) is 7.80. The first kappa shape index (κ1) is 10.9. The van der Waals surface area contributed by atoms with Crippen LogP contribution >= 0.6 is 0 Å². The minimum Gasteiger partial charge on any atom is -0.497 e. The van der Waals surface area contributed by atoms with Crippen molar-refractivity contribution in [2.24, 2.45) is 5.73 Å². The Kier molecular flexibility index (Phi) is 3.07. The van der Waals surface area contributed by atoms with Gasteiger partial charge in [0.05, 0.1) is 31.3 Å². The number of aliphatic hydroxyl groups is 1. The molecule has 0 spiro atoms. The van der Waals surface area contributed by atoms with Crippen LogP contribution in [0.3, 0.4) is 0 Å². The molecule has 0 saturated carbocycles. The molecule has 2 aromatic rings. The molecule has 0 saturated heterocycles. The number of fused-ring (bicyclic) bond motifs is 1. The molecule has 1 aromatic heterocycles. The van der Waals surface area contributed by atoms with Crippen LogP contribution in [0.2, 0.25) is 0 Å². The zero-order valence-electron chi connectivity index (χ0n) is 9.18. The standard InChI is InChI=1S/C11H15N3O2/c1-16-8-2-3-10-9(6-8)13-11(7-12)14(10)4-5-15/h2-3,6,15H,4-5,7,12H2,1H3. The molecule has 0 atom stereocenters. The Morgan fingerprint density at radius 2 is 2.31 bits per heavy atom. The molecule has 5 heteroatoms. The van der Waals surface area contributed by atoms with E-state index in [4.69, 9.17) is 15.6 Å². The summed E-state index contributed by atoms with van der Waals surface area (Å²) in [5.41, 5.74) is 7.43. The van der Waals surface area contributed by atoms with Crippen LogP contribution in [0.25, 0.3) is 11.0 Å². The van der Waals surface area contributed by atoms with Crippen molar-refractivity contribution in [3.8, 4) is 5.75 Å². The second-order valence-corrected chi connectivity index (χ2v) is 3.46. The predicted octanol–water partition coefficient (Wildman–Crippen LogP) is 0.496. The van der Waals surface area contributed by atoms with Gasteiger partial charge in [-0.25, -0.2) is 4.98 Å². The lowest BCUT2D eigenvalue weighted by Crippen LogP contribution is -2.10. The van der Waals surface area contributed by atoms with E-state index < -0.39 is 0 Å². The molecule has 5 nitrogen and oxygen atoms in total. The highest BCUT2D eigenvalue weighted by atomic mass is 16.5. The molecule has 86 valence electrons. The van der Waals surface area contributed by atoms with Gasteiger partial charge in [0.15, 0.2) is 0 Å². The summed E-state index contributed by atoms with van der Waals surface area (Å²) in [6.45, 7) is 0.941. The normalized spacial score (nSPS) is 10.9. The summed E-state index contributed by atoms with van der Waals surface area (Å²) in [5.74, 6) is 1.54. The number of methoxy groups -OCH3 is 1. The number of ether oxygens (including phenoxy) is 1. The molecular weight excluding hydrogens is 206 g/mol. The van der Waals surface area contributed by atoms with E-state index in [2.05, 4.69) is 4.98 Å². The molecule has 0 aliphatic carbocycles. The Labute approximate surface area is 93.5 Å². The summed E-state index contributed by atoms with van der Waals surface area (Å²) in [6, 6.07) is 5.66. The molecule has 0 unspecified atom stereocenters. The highest BCUT2D eigenvalue weighted by Crippen LogP contribution is 2.21. The van der Waals surface area contributed by atoms with E-state index in [0.29, 0.717) is 13.1 Å². The third-order valence-corrected chi connectivity index (χ3v) is 2.54. The van der Waals surface area contributed by atoms with Gasteiger partial charge in [-0.3, -0.25) is 0 Å². The lowest BCUT2D eigenvalue weighted by molar-refractivity contribution is 0.276. The maximum Gasteiger partial charge on any atom is 0.123 e. The zero-order valence-corrected chi connectivity index (χ0v) is 9.18. The minimum absolute atomic E-state index is 0.0739. The van der Waals surface area contributed by atoms with Crippen LogP contribution in [0.4, 0.5) is 0 Å². The lowest BCUT2D eigenvalue weighted by atomic mass is 10.3. The summed E-state index contributed by atoms with van der Waals surface area (Å²) in [5, 5.41) is 9.00. The van der Waals surface area contributed by atoms with Crippen molar-refractivity contribution in [1.29, 1.82) is 0 Å². The second kappa shape index (κ2) is 4.51. The van der Waals surface area contributed by atoms with Crippen LogP contribution in [-0.2, 0) is 13.1 Å². The molecule has 16 heavy (non-hydrogen) atoms. The molecular formula is C11H15N3O2. The van der Waals surface area contributed by atoms with E-state index in [1.54, 1.807) is 7.11 Å². The fourth-order valence-electron chi connectivity index (χ4n) is 1.79. The Hall–Kier alpha value is -1.59. The smallest absolute Gasteiger partial charge is 0.123 e. The Bertz CT molecular complexity index is 493. The van der Waals surface area contributed by atoms with Gasteiger partial charge in [-0.2, -0.15) is 0 Å². The summed E-state index contributed by atoms with van der Waals surface area (Å²) in [4.78, 5) is 4.41. The maximum atomic E-state index is 9.00.